The normalized spacial score (nSPS) is 15.9. The minimum Gasteiger partial charge on any atom is -0.450 e. The van der Waals surface area contributed by atoms with Crippen molar-refractivity contribution in [3.63, 3.8) is 0 Å². The van der Waals surface area contributed by atoms with E-state index in [1.165, 1.54) is 34.8 Å². The predicted octanol–water partition coefficient (Wildman–Crippen LogP) is 3.54. The lowest BCUT2D eigenvalue weighted by molar-refractivity contribution is 0.0219. The van der Waals surface area contributed by atoms with Crippen LogP contribution in [0.3, 0.4) is 0 Å². The van der Waals surface area contributed by atoms with E-state index in [-0.39, 0.29) is 23.0 Å². The summed E-state index contributed by atoms with van der Waals surface area (Å²) in [6.07, 6.45) is 2.03. The maximum atomic E-state index is 15.7. The van der Waals surface area contributed by atoms with Crippen molar-refractivity contribution in [2.24, 2.45) is 7.05 Å². The Morgan fingerprint density at radius 1 is 1.30 bits per heavy atom. The van der Waals surface area contributed by atoms with Crippen molar-refractivity contribution in [3.05, 3.63) is 59.1 Å². The molecule has 0 unspecified atom stereocenters. The van der Waals surface area contributed by atoms with Crippen LogP contribution in [-0.4, -0.2) is 71.3 Å². The second kappa shape index (κ2) is 11.4. The van der Waals surface area contributed by atoms with Crippen LogP contribution in [-0.2, 0) is 11.8 Å². The van der Waals surface area contributed by atoms with E-state index < -0.39 is 24.1 Å². The lowest BCUT2D eigenvalue weighted by Gasteiger charge is -2.34. The molecule has 0 radical (unpaired) electrons. The van der Waals surface area contributed by atoms with Gasteiger partial charge in [-0.15, -0.1) is 5.10 Å². The number of rotatable bonds is 7. The summed E-state index contributed by atoms with van der Waals surface area (Å²) in [5, 5.41) is 28.3. The average Bonchev–Trinajstić information content (AvgIpc) is 3.56. The number of piperidine rings is 1. The van der Waals surface area contributed by atoms with Crippen LogP contribution in [0, 0.1) is 5.82 Å². The lowest BCUT2D eigenvalue weighted by atomic mass is 10.0. The largest absolute Gasteiger partial charge is 0.507 e. The Bertz CT molecular complexity index is 1550. The first-order chi connectivity index (χ1) is 19.3. The molecule has 0 saturated carbocycles. The van der Waals surface area contributed by atoms with Crippen LogP contribution in [0.4, 0.5) is 15.0 Å². The first-order valence-corrected chi connectivity index (χ1v) is 12.8. The molecule has 2 N–H and O–H groups in total. The van der Waals surface area contributed by atoms with Crippen molar-refractivity contribution in [3.8, 4) is 22.6 Å². The molecule has 4 heterocycles. The van der Waals surface area contributed by atoms with Crippen molar-refractivity contribution in [1.29, 1.82) is 0 Å². The first-order valence-electron chi connectivity index (χ1n) is 12.4. The molecule has 208 valence electrons. The van der Waals surface area contributed by atoms with Gasteiger partial charge < -0.3 is 15.2 Å². The van der Waals surface area contributed by atoms with Gasteiger partial charge in [0, 0.05) is 36.5 Å². The molecule has 0 spiro atoms. The number of carbonyl (C=O) groups is 2. The Labute approximate surface area is 232 Å². The molecule has 15 heteroatoms. The number of carbonyl (C=O) groups excluding carboxylic acids is 1. The fraction of sp³-hybridized carbons (Fsp3) is 0.320. The number of anilines is 1. The smallest absolute Gasteiger partial charge is 0.450 e. The molecule has 1 saturated heterocycles. The highest BCUT2D eigenvalue weighted by molar-refractivity contribution is 6.33. The van der Waals surface area contributed by atoms with Gasteiger partial charge in [0.05, 0.1) is 17.3 Å². The Hall–Kier alpha value is -4.43. The zero-order chi connectivity index (χ0) is 28.4. The highest BCUT2D eigenvalue weighted by Crippen LogP contribution is 2.34. The van der Waals surface area contributed by atoms with Gasteiger partial charge in [-0.1, -0.05) is 17.7 Å². The SMILES string of the molecule is C[C@@H](OC(=O)O)n1nnnc1-c1c(-c2ccc(C(=O)N(c3ncccc3Cl)[C@@H]3CCCNC3)cc2F)cnn1C. The standard InChI is InChI=1S/C25H25ClFN9O4/c1-14(40-25(38)39)36-23(31-32-33-36)21-18(13-30-34(21)2)17-8-7-15(11-20(17)27)24(37)35(16-5-3-9-28-12-16)22-19(26)6-4-10-29-22/h4,6-8,10-11,13-14,16,28H,3,5,9,12H2,1-2H3,(H,38,39)/t14-,16-/m1/s1. The molecule has 1 fully saturated rings. The molecule has 1 aliphatic heterocycles. The van der Waals surface area contributed by atoms with Crippen LogP contribution in [0.15, 0.2) is 42.7 Å². The monoisotopic (exact) mass is 569 g/mol. The number of hydrogen-bond donors (Lipinski definition) is 2. The van der Waals surface area contributed by atoms with Gasteiger partial charge in [-0.2, -0.15) is 9.78 Å². The number of pyridine rings is 1. The summed E-state index contributed by atoms with van der Waals surface area (Å²) in [5.74, 6) is -0.687. The van der Waals surface area contributed by atoms with Gasteiger partial charge in [-0.25, -0.2) is 14.2 Å². The number of nitrogens with one attached hydrogen (secondary N) is 1. The molecular formula is C25H25ClFN9O4. The fourth-order valence-corrected chi connectivity index (χ4v) is 4.95. The Morgan fingerprint density at radius 2 is 2.12 bits per heavy atom. The minimum absolute atomic E-state index is 0.115. The number of aromatic nitrogens is 7. The van der Waals surface area contributed by atoms with E-state index in [1.807, 2.05) is 0 Å². The van der Waals surface area contributed by atoms with Crippen LogP contribution in [0.1, 0.15) is 36.4 Å². The topological polar surface area (TPSA) is 153 Å². The summed E-state index contributed by atoms with van der Waals surface area (Å²) >= 11 is 6.42. The van der Waals surface area contributed by atoms with Gasteiger partial charge in [0.25, 0.3) is 5.91 Å². The zero-order valence-electron chi connectivity index (χ0n) is 21.5. The Balaban J connectivity index is 1.51. The first kappa shape index (κ1) is 27.1. The van der Waals surface area contributed by atoms with E-state index in [0.29, 0.717) is 28.6 Å². The number of carboxylic acid groups (broad SMARTS) is 1. The van der Waals surface area contributed by atoms with E-state index in [4.69, 9.17) is 21.4 Å². The molecule has 13 nitrogen and oxygen atoms in total. The van der Waals surface area contributed by atoms with E-state index in [2.05, 4.69) is 30.9 Å². The van der Waals surface area contributed by atoms with Gasteiger partial charge in [0.1, 0.15) is 11.5 Å². The van der Waals surface area contributed by atoms with Crippen LogP contribution in [0.25, 0.3) is 22.6 Å². The fourth-order valence-electron chi connectivity index (χ4n) is 4.74. The van der Waals surface area contributed by atoms with Gasteiger partial charge >= 0.3 is 6.16 Å². The number of tetrazole rings is 1. The van der Waals surface area contributed by atoms with Crippen LogP contribution >= 0.6 is 11.6 Å². The number of benzene rings is 1. The highest BCUT2D eigenvalue weighted by atomic mass is 35.5. The summed E-state index contributed by atoms with van der Waals surface area (Å²) in [5.41, 5.74) is 0.910. The van der Waals surface area contributed by atoms with E-state index in [9.17, 15) is 9.59 Å². The molecule has 4 aromatic rings. The molecule has 0 bridgehead atoms. The van der Waals surface area contributed by atoms with Gasteiger partial charge in [-0.05, 0) is 61.0 Å². The summed E-state index contributed by atoms with van der Waals surface area (Å²) in [7, 11) is 1.61. The molecule has 1 amide bonds. The zero-order valence-corrected chi connectivity index (χ0v) is 22.3. The third-order valence-electron chi connectivity index (χ3n) is 6.59. The molecule has 40 heavy (non-hydrogen) atoms. The Morgan fingerprint density at radius 3 is 2.83 bits per heavy atom. The van der Waals surface area contributed by atoms with Gasteiger partial charge in [0.15, 0.2) is 12.0 Å². The number of amides is 1. The lowest BCUT2D eigenvalue weighted by Crippen LogP contribution is -2.49. The van der Waals surface area contributed by atoms with Crippen molar-refractivity contribution >= 4 is 29.5 Å². The number of aryl methyl sites for hydroxylation is 1. The summed E-state index contributed by atoms with van der Waals surface area (Å²) < 4.78 is 23.1. The summed E-state index contributed by atoms with van der Waals surface area (Å²) in [6.45, 7) is 2.85. The van der Waals surface area contributed by atoms with Crippen molar-refractivity contribution in [2.75, 3.05) is 18.0 Å². The maximum absolute atomic E-state index is 15.7. The number of hydrogen-bond acceptors (Lipinski definition) is 9. The minimum atomic E-state index is -1.50. The van der Waals surface area contributed by atoms with Crippen LogP contribution < -0.4 is 10.2 Å². The van der Waals surface area contributed by atoms with Crippen LogP contribution in [0.2, 0.25) is 5.02 Å². The highest BCUT2D eigenvalue weighted by Gasteiger charge is 2.31. The molecule has 3 aromatic heterocycles. The van der Waals surface area contributed by atoms with E-state index in [1.54, 1.807) is 25.4 Å². The maximum Gasteiger partial charge on any atom is 0.507 e. The van der Waals surface area contributed by atoms with Crippen molar-refractivity contribution in [2.45, 2.75) is 32.0 Å². The second-order valence-electron chi connectivity index (χ2n) is 9.14. The molecule has 1 aliphatic rings. The Kier molecular flexibility index (Phi) is 7.71. The molecule has 2 atom stereocenters. The molecule has 0 aliphatic carbocycles. The van der Waals surface area contributed by atoms with Crippen LogP contribution in [0.5, 0.6) is 0 Å². The van der Waals surface area contributed by atoms with Gasteiger partial charge in [-0.3, -0.25) is 14.4 Å². The van der Waals surface area contributed by atoms with Crippen molar-refractivity contribution in [1.82, 2.24) is 40.3 Å². The third-order valence-corrected chi connectivity index (χ3v) is 6.88. The number of ether oxygens (including phenoxy) is 1. The number of halogens is 2. The van der Waals surface area contributed by atoms with E-state index >= 15 is 4.39 Å². The summed E-state index contributed by atoms with van der Waals surface area (Å²) in [6, 6.07) is 7.29. The average molecular weight is 570 g/mol. The molecular weight excluding hydrogens is 545 g/mol. The quantitative estimate of drug-likeness (QED) is 0.316. The number of nitrogens with zero attached hydrogens (tertiary/aromatic N) is 8. The van der Waals surface area contributed by atoms with Gasteiger partial charge in [0.2, 0.25) is 5.82 Å². The third kappa shape index (κ3) is 5.22. The summed E-state index contributed by atoms with van der Waals surface area (Å²) in [4.78, 5) is 30.7. The second-order valence-corrected chi connectivity index (χ2v) is 9.55. The molecule has 5 rings (SSSR count). The molecule has 1 aromatic carbocycles. The van der Waals surface area contributed by atoms with E-state index in [0.717, 1.165) is 30.1 Å². The predicted molar refractivity (Wildman–Crippen MR) is 141 cm³/mol. The van der Waals surface area contributed by atoms with Crippen molar-refractivity contribution < 1.29 is 23.8 Å².